The Morgan fingerprint density at radius 3 is 2.69 bits per heavy atom. The Hall–Kier alpha value is -3.68. The molecule has 0 amide bonds. The number of rotatable bonds is 5. The SMILES string of the molecule is Cc1ccc(C(=O)O)cc1-c1ccc(/C=C/c2onc(C)c2[N+](=O)[O-])o1. The number of carbonyl (C=O) groups is 1. The fourth-order valence-corrected chi connectivity index (χ4v) is 2.48. The van der Waals surface area contributed by atoms with Crippen molar-refractivity contribution in [2.45, 2.75) is 13.8 Å². The Kier molecular flexibility index (Phi) is 4.40. The smallest absolute Gasteiger partial charge is 0.338 e. The molecule has 0 fully saturated rings. The van der Waals surface area contributed by atoms with E-state index in [4.69, 9.17) is 14.0 Å². The molecule has 0 saturated heterocycles. The van der Waals surface area contributed by atoms with Crippen LogP contribution in [-0.4, -0.2) is 21.2 Å². The monoisotopic (exact) mass is 354 g/mol. The van der Waals surface area contributed by atoms with Crippen LogP contribution in [0.4, 0.5) is 5.69 Å². The summed E-state index contributed by atoms with van der Waals surface area (Å²) in [5, 5.41) is 23.7. The van der Waals surface area contributed by atoms with Crippen molar-refractivity contribution in [2.75, 3.05) is 0 Å². The third kappa shape index (κ3) is 3.25. The summed E-state index contributed by atoms with van der Waals surface area (Å²) in [7, 11) is 0. The van der Waals surface area contributed by atoms with Gasteiger partial charge in [-0.1, -0.05) is 11.2 Å². The van der Waals surface area contributed by atoms with Crippen molar-refractivity contribution in [1.29, 1.82) is 0 Å². The lowest BCUT2D eigenvalue weighted by Crippen LogP contribution is -1.96. The van der Waals surface area contributed by atoms with Crippen LogP contribution in [0, 0.1) is 24.0 Å². The maximum absolute atomic E-state index is 11.1. The van der Waals surface area contributed by atoms with Crippen LogP contribution in [0.15, 0.2) is 39.3 Å². The van der Waals surface area contributed by atoms with E-state index in [9.17, 15) is 14.9 Å². The predicted molar refractivity (Wildman–Crippen MR) is 92.7 cm³/mol. The van der Waals surface area contributed by atoms with Gasteiger partial charge >= 0.3 is 11.7 Å². The van der Waals surface area contributed by atoms with E-state index >= 15 is 0 Å². The highest BCUT2D eigenvalue weighted by Crippen LogP contribution is 2.29. The summed E-state index contributed by atoms with van der Waals surface area (Å²) in [6, 6.07) is 8.14. The largest absolute Gasteiger partial charge is 0.478 e. The van der Waals surface area contributed by atoms with Gasteiger partial charge in [0.05, 0.1) is 10.5 Å². The van der Waals surface area contributed by atoms with Gasteiger partial charge in [0.2, 0.25) is 5.76 Å². The molecule has 0 unspecified atom stereocenters. The number of hydrogen-bond acceptors (Lipinski definition) is 6. The van der Waals surface area contributed by atoms with Crippen molar-refractivity contribution >= 4 is 23.8 Å². The topological polar surface area (TPSA) is 120 Å². The zero-order chi connectivity index (χ0) is 18.8. The van der Waals surface area contributed by atoms with Gasteiger partial charge in [-0.05, 0) is 55.8 Å². The summed E-state index contributed by atoms with van der Waals surface area (Å²) in [4.78, 5) is 21.6. The summed E-state index contributed by atoms with van der Waals surface area (Å²) < 4.78 is 10.6. The minimum Gasteiger partial charge on any atom is -0.478 e. The normalized spacial score (nSPS) is 11.2. The first kappa shape index (κ1) is 17.2. The summed E-state index contributed by atoms with van der Waals surface area (Å²) in [5.41, 5.74) is 1.67. The molecule has 26 heavy (non-hydrogen) atoms. The maximum Gasteiger partial charge on any atom is 0.338 e. The molecule has 0 aliphatic heterocycles. The summed E-state index contributed by atoms with van der Waals surface area (Å²) in [5.74, 6) is -0.0718. The Morgan fingerprint density at radius 2 is 2.00 bits per heavy atom. The van der Waals surface area contributed by atoms with Gasteiger partial charge in [0.15, 0.2) is 5.69 Å². The van der Waals surface area contributed by atoms with E-state index < -0.39 is 10.9 Å². The second kappa shape index (κ2) is 6.67. The third-order valence-corrected chi connectivity index (χ3v) is 3.82. The molecular formula is C18H14N2O6. The van der Waals surface area contributed by atoms with Crippen LogP contribution in [0.2, 0.25) is 0 Å². The lowest BCUT2D eigenvalue weighted by molar-refractivity contribution is -0.386. The third-order valence-electron chi connectivity index (χ3n) is 3.82. The van der Waals surface area contributed by atoms with Crippen molar-refractivity contribution in [3.8, 4) is 11.3 Å². The molecule has 8 nitrogen and oxygen atoms in total. The van der Waals surface area contributed by atoms with E-state index in [2.05, 4.69) is 5.16 Å². The molecule has 1 N–H and O–H groups in total. The second-order valence-electron chi connectivity index (χ2n) is 5.61. The fraction of sp³-hybridized carbons (Fsp3) is 0.111. The minimum atomic E-state index is -1.02. The molecule has 0 bridgehead atoms. The van der Waals surface area contributed by atoms with Crippen LogP contribution in [-0.2, 0) is 0 Å². The number of nitro groups is 1. The first-order chi connectivity index (χ1) is 12.4. The first-order valence-electron chi connectivity index (χ1n) is 7.59. The van der Waals surface area contributed by atoms with Crippen LogP contribution in [0.1, 0.15) is 33.1 Å². The van der Waals surface area contributed by atoms with E-state index in [1.54, 1.807) is 18.2 Å². The molecule has 0 aliphatic rings. The van der Waals surface area contributed by atoms with Gasteiger partial charge in [-0.3, -0.25) is 10.1 Å². The molecule has 3 rings (SSSR count). The lowest BCUT2D eigenvalue weighted by atomic mass is 10.0. The van der Waals surface area contributed by atoms with E-state index in [1.165, 1.54) is 31.2 Å². The molecule has 0 radical (unpaired) electrons. The molecule has 2 aromatic heterocycles. The number of hydrogen-bond donors (Lipinski definition) is 1. The molecule has 3 aromatic rings. The Morgan fingerprint density at radius 1 is 1.23 bits per heavy atom. The molecule has 0 saturated carbocycles. The lowest BCUT2D eigenvalue weighted by Gasteiger charge is -2.04. The zero-order valence-corrected chi connectivity index (χ0v) is 13.9. The van der Waals surface area contributed by atoms with Crippen molar-refractivity contribution in [3.05, 3.63) is 68.8 Å². The summed E-state index contributed by atoms with van der Waals surface area (Å²) in [6.45, 7) is 3.34. The van der Waals surface area contributed by atoms with E-state index in [0.29, 0.717) is 17.1 Å². The molecule has 2 heterocycles. The van der Waals surface area contributed by atoms with E-state index in [1.807, 2.05) is 6.92 Å². The number of aryl methyl sites for hydroxylation is 2. The number of carboxylic acid groups (broad SMARTS) is 1. The van der Waals surface area contributed by atoms with Crippen LogP contribution < -0.4 is 0 Å². The molecule has 1 aromatic carbocycles. The Bertz CT molecular complexity index is 1030. The van der Waals surface area contributed by atoms with E-state index in [-0.39, 0.29) is 22.7 Å². The average Bonchev–Trinajstić information content (AvgIpc) is 3.19. The minimum absolute atomic E-state index is 0.0227. The van der Waals surface area contributed by atoms with Gasteiger partial charge < -0.3 is 14.0 Å². The van der Waals surface area contributed by atoms with Crippen molar-refractivity contribution in [1.82, 2.24) is 5.16 Å². The standard InChI is InChI=1S/C18H14N2O6/c1-10-3-4-12(18(21)22)9-14(10)15-7-5-13(25-15)6-8-16-17(20(23)24)11(2)19-26-16/h3-9H,1-2H3,(H,21,22)/b8-6+. The summed E-state index contributed by atoms with van der Waals surface area (Å²) >= 11 is 0. The highest BCUT2D eigenvalue weighted by Gasteiger charge is 2.22. The number of carboxylic acids is 1. The Balaban J connectivity index is 1.91. The van der Waals surface area contributed by atoms with Crippen molar-refractivity contribution < 1.29 is 23.8 Å². The van der Waals surface area contributed by atoms with Crippen LogP contribution in [0.5, 0.6) is 0 Å². The van der Waals surface area contributed by atoms with Gasteiger partial charge in [0, 0.05) is 5.56 Å². The predicted octanol–water partition coefficient (Wildman–Crippen LogP) is 4.33. The van der Waals surface area contributed by atoms with Gasteiger partial charge in [0.1, 0.15) is 11.5 Å². The molecule has 0 atom stereocenters. The van der Waals surface area contributed by atoms with Gasteiger partial charge in [-0.15, -0.1) is 0 Å². The van der Waals surface area contributed by atoms with Crippen LogP contribution in [0.3, 0.4) is 0 Å². The maximum atomic E-state index is 11.1. The van der Waals surface area contributed by atoms with Crippen molar-refractivity contribution in [2.24, 2.45) is 0 Å². The fourth-order valence-electron chi connectivity index (χ4n) is 2.48. The van der Waals surface area contributed by atoms with Gasteiger partial charge in [-0.2, -0.15) is 0 Å². The molecule has 8 heteroatoms. The quantitative estimate of drug-likeness (QED) is 0.535. The Labute approximate surface area is 147 Å². The number of benzene rings is 1. The van der Waals surface area contributed by atoms with Crippen LogP contribution in [0.25, 0.3) is 23.5 Å². The second-order valence-corrected chi connectivity index (χ2v) is 5.61. The van der Waals surface area contributed by atoms with E-state index in [0.717, 1.165) is 5.56 Å². The first-order valence-corrected chi connectivity index (χ1v) is 7.59. The number of nitrogens with zero attached hydrogens (tertiary/aromatic N) is 2. The molecule has 0 aliphatic carbocycles. The molecule has 132 valence electrons. The number of furan rings is 1. The average molecular weight is 354 g/mol. The highest BCUT2D eigenvalue weighted by atomic mass is 16.6. The van der Waals surface area contributed by atoms with Crippen molar-refractivity contribution in [3.63, 3.8) is 0 Å². The number of aromatic carboxylic acids is 1. The molecular weight excluding hydrogens is 340 g/mol. The van der Waals surface area contributed by atoms with Gasteiger partial charge in [0.25, 0.3) is 0 Å². The molecule has 0 spiro atoms. The van der Waals surface area contributed by atoms with Gasteiger partial charge in [-0.25, -0.2) is 4.79 Å². The zero-order valence-electron chi connectivity index (χ0n) is 13.9. The summed E-state index contributed by atoms with van der Waals surface area (Å²) in [6.07, 6.45) is 2.92. The van der Waals surface area contributed by atoms with Crippen LogP contribution >= 0.6 is 0 Å². The number of aromatic nitrogens is 1. The highest BCUT2D eigenvalue weighted by molar-refractivity contribution is 5.89.